The Kier molecular flexibility index (Phi) is 7.76. The number of nitrogens with one attached hydrogen (secondary N) is 1. The minimum absolute atomic E-state index is 0.00637. The fraction of sp³-hybridized carbons (Fsp3) is 0.565. The number of halogens is 3. The lowest BCUT2D eigenvalue weighted by atomic mass is 9.71. The van der Waals surface area contributed by atoms with E-state index >= 15 is 4.39 Å². The molecule has 7 nitrogen and oxygen atoms in total. The molecule has 0 bridgehead atoms. The van der Waals surface area contributed by atoms with Gasteiger partial charge in [-0.15, -0.1) is 0 Å². The Morgan fingerprint density at radius 1 is 1.14 bits per heavy atom. The SMILES string of the molecule is CNCCS(=O)(=O)CC[C@@H]1OCC[C@@]2(S(=O)(=O)c3ccc(Cl)cc3)C3=C(F)C=CC(F)C3OC[C@@H]12. The van der Waals surface area contributed by atoms with Crippen LogP contribution in [0.15, 0.2) is 52.7 Å². The predicted molar refractivity (Wildman–Crippen MR) is 128 cm³/mol. The van der Waals surface area contributed by atoms with Gasteiger partial charge in [-0.2, -0.15) is 0 Å². The van der Waals surface area contributed by atoms with Crippen molar-refractivity contribution in [1.82, 2.24) is 5.32 Å². The van der Waals surface area contributed by atoms with Gasteiger partial charge in [-0.1, -0.05) is 11.6 Å². The molecule has 0 amide bonds. The monoisotopic (exact) mass is 551 g/mol. The first-order valence-electron chi connectivity index (χ1n) is 11.3. The van der Waals surface area contributed by atoms with Gasteiger partial charge in [0.05, 0.1) is 29.1 Å². The second-order valence-corrected chi connectivity index (χ2v) is 13.9. The lowest BCUT2D eigenvalue weighted by Gasteiger charge is -2.53. The summed E-state index contributed by atoms with van der Waals surface area (Å²) in [6.45, 7) is -0.00223. The second kappa shape index (κ2) is 10.2. The number of rotatable bonds is 8. The highest BCUT2D eigenvalue weighted by atomic mass is 35.5. The van der Waals surface area contributed by atoms with E-state index in [-0.39, 0.29) is 54.6 Å². The minimum Gasteiger partial charge on any atom is -0.378 e. The molecule has 0 aromatic heterocycles. The van der Waals surface area contributed by atoms with Gasteiger partial charge >= 0.3 is 0 Å². The van der Waals surface area contributed by atoms with Gasteiger partial charge in [-0.05, 0) is 56.3 Å². The van der Waals surface area contributed by atoms with Crippen molar-refractivity contribution >= 4 is 31.3 Å². The van der Waals surface area contributed by atoms with Crippen molar-refractivity contribution in [3.8, 4) is 0 Å². The molecule has 2 unspecified atom stereocenters. The van der Waals surface area contributed by atoms with Crippen molar-refractivity contribution in [2.45, 2.75) is 40.9 Å². The molecule has 1 aliphatic carbocycles. The molecule has 0 radical (unpaired) electrons. The molecule has 1 N–H and O–H groups in total. The quantitative estimate of drug-likeness (QED) is 0.530. The Hall–Kier alpha value is -1.37. The standard InChI is InChI=1S/C23H28ClF2NO6S2/c1-27-10-13-34(28,29)12-8-20-17-14-33-22-19(26)7-6-18(25)21(22)23(17,9-11-32-20)35(30,31)16-4-2-15(24)3-5-16/h2-7,17,19-20,22,27H,8-14H2,1H3/t17-,19?,20-,22?,23-/m0/s1. The Morgan fingerprint density at radius 3 is 2.54 bits per heavy atom. The van der Waals surface area contributed by atoms with Crippen molar-refractivity contribution in [3.63, 3.8) is 0 Å². The summed E-state index contributed by atoms with van der Waals surface area (Å²) in [5.74, 6) is -2.11. The Balaban J connectivity index is 1.80. The zero-order valence-corrected chi connectivity index (χ0v) is 21.5. The lowest BCUT2D eigenvalue weighted by Crippen LogP contribution is -2.64. The van der Waals surface area contributed by atoms with Crippen LogP contribution in [-0.2, 0) is 29.1 Å². The predicted octanol–water partition coefficient (Wildman–Crippen LogP) is 2.81. The molecule has 4 rings (SSSR count). The van der Waals surface area contributed by atoms with E-state index in [0.717, 1.165) is 12.2 Å². The third kappa shape index (κ3) is 4.83. The minimum atomic E-state index is -4.30. The van der Waals surface area contributed by atoms with Crippen LogP contribution in [-0.4, -0.2) is 78.3 Å². The van der Waals surface area contributed by atoms with E-state index in [4.69, 9.17) is 21.1 Å². The average molecular weight is 552 g/mol. The first-order chi connectivity index (χ1) is 16.5. The van der Waals surface area contributed by atoms with Gasteiger partial charge in [0, 0.05) is 29.7 Å². The van der Waals surface area contributed by atoms with Crippen LogP contribution < -0.4 is 5.32 Å². The van der Waals surface area contributed by atoms with Gasteiger partial charge in [-0.25, -0.2) is 25.6 Å². The van der Waals surface area contributed by atoms with E-state index in [9.17, 15) is 21.2 Å². The zero-order valence-electron chi connectivity index (χ0n) is 19.1. The van der Waals surface area contributed by atoms with Gasteiger partial charge < -0.3 is 14.8 Å². The number of hydrogen-bond donors (Lipinski definition) is 1. The molecule has 2 aliphatic heterocycles. The normalized spacial score (nSPS) is 31.2. The van der Waals surface area contributed by atoms with E-state index in [0.29, 0.717) is 5.02 Å². The summed E-state index contributed by atoms with van der Waals surface area (Å²) in [4.78, 5) is -0.0832. The molecule has 0 spiro atoms. The highest BCUT2D eigenvalue weighted by Crippen LogP contribution is 2.54. The molecule has 12 heteroatoms. The van der Waals surface area contributed by atoms with Crippen LogP contribution in [0.1, 0.15) is 12.8 Å². The van der Waals surface area contributed by atoms with Gasteiger partial charge in [0.1, 0.15) is 22.8 Å². The fourth-order valence-electron chi connectivity index (χ4n) is 5.27. The van der Waals surface area contributed by atoms with Gasteiger partial charge in [-0.3, -0.25) is 0 Å². The van der Waals surface area contributed by atoms with E-state index < -0.39 is 54.5 Å². The number of ether oxygens (including phenoxy) is 2. The molecule has 35 heavy (non-hydrogen) atoms. The van der Waals surface area contributed by atoms with Crippen LogP contribution in [0.4, 0.5) is 8.78 Å². The van der Waals surface area contributed by atoms with Crippen LogP contribution in [0.3, 0.4) is 0 Å². The summed E-state index contributed by atoms with van der Waals surface area (Å²) in [5, 5.41) is 3.11. The Bertz CT molecular complexity index is 1220. The third-order valence-corrected chi connectivity index (χ3v) is 11.5. The number of fused-ring (bicyclic) bond motifs is 3. The second-order valence-electron chi connectivity index (χ2n) is 8.98. The van der Waals surface area contributed by atoms with Crippen molar-refractivity contribution in [2.75, 3.05) is 38.3 Å². The number of allylic oxidation sites excluding steroid dienone is 2. The molecule has 3 aliphatic rings. The summed E-state index contributed by atoms with van der Waals surface area (Å²) >= 11 is 5.96. The molecule has 194 valence electrons. The van der Waals surface area contributed by atoms with Gasteiger partial charge in [0.25, 0.3) is 0 Å². The number of benzene rings is 1. The van der Waals surface area contributed by atoms with Crippen LogP contribution in [0.2, 0.25) is 5.02 Å². The van der Waals surface area contributed by atoms with Crippen molar-refractivity contribution < 1.29 is 35.1 Å². The van der Waals surface area contributed by atoms with Gasteiger partial charge in [0.2, 0.25) is 0 Å². The Labute approximate surface area is 209 Å². The van der Waals surface area contributed by atoms with Crippen LogP contribution in [0, 0.1) is 5.92 Å². The fourth-order valence-corrected chi connectivity index (χ4v) is 9.10. The van der Waals surface area contributed by atoms with Crippen LogP contribution in [0.25, 0.3) is 0 Å². The number of alkyl halides is 1. The lowest BCUT2D eigenvalue weighted by molar-refractivity contribution is -0.114. The maximum atomic E-state index is 15.4. The highest BCUT2D eigenvalue weighted by molar-refractivity contribution is 7.93. The summed E-state index contributed by atoms with van der Waals surface area (Å²) in [5.41, 5.74) is -0.259. The van der Waals surface area contributed by atoms with E-state index in [1.807, 2.05) is 0 Å². The van der Waals surface area contributed by atoms with Crippen molar-refractivity contribution in [1.29, 1.82) is 0 Å². The summed E-state index contributed by atoms with van der Waals surface area (Å²) in [6, 6.07) is 5.52. The summed E-state index contributed by atoms with van der Waals surface area (Å²) in [6.07, 6.45) is -2.12. The molecule has 5 atom stereocenters. The molecular formula is C23H28ClF2NO6S2. The summed E-state index contributed by atoms with van der Waals surface area (Å²) in [7, 11) is -6.10. The third-order valence-electron chi connectivity index (χ3n) is 7.00. The zero-order chi connectivity index (χ0) is 25.4. The molecule has 2 fully saturated rings. The molecule has 2 saturated heterocycles. The molecule has 0 saturated carbocycles. The Morgan fingerprint density at radius 2 is 1.86 bits per heavy atom. The topological polar surface area (TPSA) is 98.8 Å². The van der Waals surface area contributed by atoms with E-state index in [1.165, 1.54) is 24.3 Å². The van der Waals surface area contributed by atoms with Crippen LogP contribution in [0.5, 0.6) is 0 Å². The smallest absolute Gasteiger partial charge is 0.188 e. The average Bonchev–Trinajstić information content (AvgIpc) is 2.83. The molecular weight excluding hydrogens is 524 g/mol. The first-order valence-corrected chi connectivity index (χ1v) is 15.0. The first kappa shape index (κ1) is 26.7. The van der Waals surface area contributed by atoms with Crippen molar-refractivity contribution in [2.24, 2.45) is 5.92 Å². The molecule has 1 aromatic carbocycles. The largest absolute Gasteiger partial charge is 0.378 e. The number of sulfone groups is 2. The van der Waals surface area contributed by atoms with E-state index in [2.05, 4.69) is 5.32 Å². The number of hydrogen-bond acceptors (Lipinski definition) is 7. The summed E-state index contributed by atoms with van der Waals surface area (Å²) < 4.78 is 93.3. The van der Waals surface area contributed by atoms with E-state index in [1.54, 1.807) is 7.05 Å². The van der Waals surface area contributed by atoms with Crippen molar-refractivity contribution in [3.05, 3.63) is 52.8 Å². The maximum absolute atomic E-state index is 15.4. The van der Waals surface area contributed by atoms with Gasteiger partial charge in [0.15, 0.2) is 19.7 Å². The molecule has 1 aromatic rings. The molecule has 2 heterocycles. The van der Waals surface area contributed by atoms with Crippen LogP contribution >= 0.6 is 11.6 Å². The maximum Gasteiger partial charge on any atom is 0.188 e. The highest BCUT2D eigenvalue weighted by Gasteiger charge is 2.63.